The fourth-order valence-electron chi connectivity index (χ4n) is 4.28. The van der Waals surface area contributed by atoms with Crippen molar-refractivity contribution in [3.8, 4) is 5.88 Å². The predicted molar refractivity (Wildman–Crippen MR) is 97.6 cm³/mol. The minimum atomic E-state index is -3.62. The third kappa shape index (κ3) is 2.55. The Morgan fingerprint density at radius 3 is 2.58 bits per heavy atom. The van der Waals surface area contributed by atoms with Crippen LogP contribution in [0, 0.1) is 19.3 Å². The summed E-state index contributed by atoms with van der Waals surface area (Å²) in [4.78, 5) is 6.90. The highest BCUT2D eigenvalue weighted by Crippen LogP contribution is 2.51. The zero-order valence-corrected chi connectivity index (χ0v) is 16.2. The molecule has 0 radical (unpaired) electrons. The van der Waals surface area contributed by atoms with Crippen LogP contribution in [0.2, 0.25) is 0 Å². The van der Waals surface area contributed by atoms with E-state index in [1.54, 1.807) is 18.7 Å². The summed E-state index contributed by atoms with van der Waals surface area (Å²) in [6.45, 7) is 5.62. The summed E-state index contributed by atoms with van der Waals surface area (Å²) in [5, 5.41) is 9.69. The minimum absolute atomic E-state index is 0.00515. The molecular formula is C16H24N6O3S. The lowest BCUT2D eigenvalue weighted by atomic mass is 9.60. The van der Waals surface area contributed by atoms with Crippen molar-refractivity contribution in [2.45, 2.75) is 32.7 Å². The summed E-state index contributed by atoms with van der Waals surface area (Å²) < 4.78 is 31.5. The van der Waals surface area contributed by atoms with Crippen molar-refractivity contribution in [1.82, 2.24) is 18.9 Å². The third-order valence-corrected chi connectivity index (χ3v) is 6.77. The number of hydrogen-bond donors (Lipinski definition) is 1. The fraction of sp³-hybridized carbons (Fsp3) is 0.625. The number of anilines is 1. The number of aromatic nitrogens is 3. The van der Waals surface area contributed by atoms with Crippen molar-refractivity contribution < 1.29 is 13.2 Å². The first-order chi connectivity index (χ1) is 12.1. The zero-order valence-electron chi connectivity index (χ0n) is 15.4. The van der Waals surface area contributed by atoms with Crippen LogP contribution in [-0.4, -0.2) is 60.6 Å². The lowest BCUT2D eigenvalue weighted by Crippen LogP contribution is -2.67. The molecule has 2 aliphatic rings. The topological polar surface area (TPSA) is 106 Å². The van der Waals surface area contributed by atoms with Crippen molar-refractivity contribution in [2.24, 2.45) is 10.6 Å². The van der Waals surface area contributed by atoms with Crippen LogP contribution in [0.3, 0.4) is 0 Å². The van der Waals surface area contributed by atoms with Gasteiger partial charge in [-0.15, -0.1) is 5.10 Å². The second-order valence-electron chi connectivity index (χ2n) is 7.59. The van der Waals surface area contributed by atoms with Crippen LogP contribution in [-0.2, 0) is 10.2 Å². The molecule has 4 rings (SSSR count). The molecule has 0 unspecified atom stereocenters. The Hall–Kier alpha value is -1.91. The van der Waals surface area contributed by atoms with Crippen molar-refractivity contribution in [3.63, 3.8) is 0 Å². The van der Waals surface area contributed by atoms with Gasteiger partial charge in [0.1, 0.15) is 11.3 Å². The van der Waals surface area contributed by atoms with Gasteiger partial charge in [0.25, 0.3) is 10.2 Å². The van der Waals surface area contributed by atoms with Crippen LogP contribution in [0.5, 0.6) is 5.88 Å². The van der Waals surface area contributed by atoms with Crippen molar-refractivity contribution in [2.75, 3.05) is 32.1 Å². The number of ether oxygens (including phenoxy) is 1. The quantitative estimate of drug-likeness (QED) is 0.826. The van der Waals surface area contributed by atoms with E-state index < -0.39 is 10.2 Å². The maximum absolute atomic E-state index is 11.5. The van der Waals surface area contributed by atoms with Crippen molar-refractivity contribution in [1.29, 1.82) is 0 Å². The monoisotopic (exact) mass is 380 g/mol. The number of aryl methyl sites for hydroxylation is 2. The maximum Gasteiger partial charge on any atom is 0.276 e. The molecule has 0 amide bonds. The number of fused-ring (bicyclic) bond motifs is 1. The normalized spacial score (nSPS) is 19.8. The molecule has 2 N–H and O–H groups in total. The summed E-state index contributed by atoms with van der Waals surface area (Å²) in [6, 6.07) is 1.96. The number of rotatable bonds is 4. The van der Waals surface area contributed by atoms with E-state index in [2.05, 4.69) is 15.0 Å². The van der Waals surface area contributed by atoms with Crippen LogP contribution in [0.15, 0.2) is 6.07 Å². The van der Waals surface area contributed by atoms with Crippen LogP contribution < -0.4 is 14.8 Å². The molecule has 2 aromatic heterocycles. The highest BCUT2D eigenvalue weighted by Gasteiger charge is 2.55. The van der Waals surface area contributed by atoms with Gasteiger partial charge in [-0.2, -0.15) is 17.2 Å². The molecule has 0 atom stereocenters. The molecule has 9 nitrogen and oxygen atoms in total. The van der Waals surface area contributed by atoms with Gasteiger partial charge < -0.3 is 9.64 Å². The molecule has 1 aliphatic heterocycles. The first kappa shape index (κ1) is 17.5. The highest BCUT2D eigenvalue weighted by atomic mass is 32.2. The Morgan fingerprint density at radius 1 is 1.35 bits per heavy atom. The molecular weight excluding hydrogens is 356 g/mol. The third-order valence-electron chi connectivity index (χ3n) is 5.67. The van der Waals surface area contributed by atoms with Gasteiger partial charge in [-0.05, 0) is 32.3 Å². The van der Waals surface area contributed by atoms with Crippen LogP contribution in [0.4, 0.5) is 5.82 Å². The Balaban J connectivity index is 1.55. The SMILES string of the molecule is COc1cc(C)c2c(N3CC4(CC(N(C)S(N)(=O)=O)C4)C3)nc(C)nn12. The van der Waals surface area contributed by atoms with E-state index in [-0.39, 0.29) is 11.5 Å². The van der Waals surface area contributed by atoms with Crippen molar-refractivity contribution in [3.05, 3.63) is 17.5 Å². The second-order valence-corrected chi connectivity index (χ2v) is 9.20. The van der Waals surface area contributed by atoms with Gasteiger partial charge in [0.15, 0.2) is 5.82 Å². The summed E-state index contributed by atoms with van der Waals surface area (Å²) in [5.41, 5.74) is 2.18. The molecule has 3 heterocycles. The molecule has 26 heavy (non-hydrogen) atoms. The summed E-state index contributed by atoms with van der Waals surface area (Å²) >= 11 is 0. The van der Waals surface area contributed by atoms with E-state index in [0.29, 0.717) is 11.7 Å². The van der Waals surface area contributed by atoms with Gasteiger partial charge in [0, 0.05) is 37.7 Å². The first-order valence-electron chi connectivity index (χ1n) is 8.55. The van der Waals surface area contributed by atoms with Gasteiger partial charge in [-0.3, -0.25) is 0 Å². The van der Waals surface area contributed by atoms with E-state index >= 15 is 0 Å². The number of nitrogens with two attached hydrogens (primary N) is 1. The summed E-state index contributed by atoms with van der Waals surface area (Å²) in [6.07, 6.45) is 1.67. The Morgan fingerprint density at radius 2 is 2.00 bits per heavy atom. The molecule has 0 bridgehead atoms. The smallest absolute Gasteiger partial charge is 0.276 e. The fourth-order valence-corrected chi connectivity index (χ4v) is 4.84. The van der Waals surface area contributed by atoms with E-state index in [9.17, 15) is 8.42 Å². The predicted octanol–water partition coefficient (Wildman–Crippen LogP) is 0.459. The highest BCUT2D eigenvalue weighted by molar-refractivity contribution is 7.86. The second kappa shape index (κ2) is 5.54. The zero-order chi connectivity index (χ0) is 18.9. The first-order valence-corrected chi connectivity index (χ1v) is 10.1. The number of nitrogens with zero attached hydrogens (tertiary/aromatic N) is 5. The molecule has 2 aromatic rings. The van der Waals surface area contributed by atoms with Crippen molar-refractivity contribution >= 4 is 21.5 Å². The van der Waals surface area contributed by atoms with Crippen LogP contribution >= 0.6 is 0 Å². The lowest BCUT2D eigenvalue weighted by Gasteiger charge is -2.60. The molecule has 1 aliphatic carbocycles. The summed E-state index contributed by atoms with van der Waals surface area (Å²) in [7, 11) is -0.436. The Kier molecular flexibility index (Phi) is 3.73. The Labute approximate surface area is 152 Å². The lowest BCUT2D eigenvalue weighted by molar-refractivity contribution is 0.0207. The summed E-state index contributed by atoms with van der Waals surface area (Å²) in [5.74, 6) is 2.29. The maximum atomic E-state index is 11.5. The largest absolute Gasteiger partial charge is 0.481 e. The van der Waals surface area contributed by atoms with Gasteiger partial charge in [0.05, 0.1) is 7.11 Å². The van der Waals surface area contributed by atoms with Gasteiger partial charge >= 0.3 is 0 Å². The van der Waals surface area contributed by atoms with Gasteiger partial charge in [-0.1, -0.05) is 0 Å². The van der Waals surface area contributed by atoms with E-state index in [1.807, 2.05) is 19.9 Å². The van der Waals surface area contributed by atoms with Crippen LogP contribution in [0.25, 0.3) is 5.52 Å². The average molecular weight is 380 g/mol. The molecule has 2 fully saturated rings. The van der Waals surface area contributed by atoms with E-state index in [0.717, 1.165) is 42.8 Å². The molecule has 1 saturated heterocycles. The molecule has 1 spiro atoms. The minimum Gasteiger partial charge on any atom is -0.481 e. The standard InChI is InChI=1S/C16H24N6O3S/c1-10-5-13(25-4)22-14(10)15(18-11(2)19-22)21-8-16(9-21)6-12(7-16)20(3)26(17,23)24/h5,12H,6-9H2,1-4H3,(H2,17,23,24). The van der Waals surface area contributed by atoms with E-state index in [4.69, 9.17) is 9.88 Å². The average Bonchev–Trinajstić information content (AvgIpc) is 2.79. The molecule has 142 valence electrons. The Bertz CT molecular complexity index is 972. The number of hydrogen-bond acceptors (Lipinski definition) is 6. The van der Waals surface area contributed by atoms with E-state index in [1.165, 1.54) is 4.31 Å². The molecule has 0 aromatic carbocycles. The van der Waals surface area contributed by atoms with Gasteiger partial charge in [0.2, 0.25) is 5.88 Å². The number of methoxy groups -OCH3 is 1. The van der Waals surface area contributed by atoms with Gasteiger partial charge in [-0.25, -0.2) is 10.1 Å². The molecule has 1 saturated carbocycles. The van der Waals surface area contributed by atoms with Crippen LogP contribution in [0.1, 0.15) is 24.2 Å². The molecule has 10 heteroatoms.